The van der Waals surface area contributed by atoms with E-state index in [2.05, 4.69) is 10.5 Å². The van der Waals surface area contributed by atoms with Gasteiger partial charge in [0.25, 0.3) is 5.89 Å². The molecule has 3 saturated heterocycles. The zero-order chi connectivity index (χ0) is 26.7. The van der Waals surface area contributed by atoms with Crippen molar-refractivity contribution in [2.45, 2.75) is 31.5 Å². The van der Waals surface area contributed by atoms with Gasteiger partial charge in [-0.1, -0.05) is 59.8 Å². The summed E-state index contributed by atoms with van der Waals surface area (Å²) in [7, 11) is 1.64. The Morgan fingerprint density at radius 1 is 1.02 bits per heavy atom. The average molecular weight is 561 g/mol. The van der Waals surface area contributed by atoms with Gasteiger partial charge in [-0.15, -0.1) is 0 Å². The molecule has 0 radical (unpaired) electrons. The number of rotatable bonds is 9. The van der Waals surface area contributed by atoms with Gasteiger partial charge in [0.05, 0.1) is 20.2 Å². The van der Waals surface area contributed by atoms with Gasteiger partial charge in [-0.05, 0) is 35.9 Å². The number of carbonyl (C=O) groups is 1. The summed E-state index contributed by atoms with van der Waals surface area (Å²) in [5, 5.41) is 7.68. The summed E-state index contributed by atoms with van der Waals surface area (Å²) in [5.74, 6) is 2.02. The largest absolute Gasteiger partial charge is 1.00 e. The highest BCUT2D eigenvalue weighted by molar-refractivity contribution is 5.81. The van der Waals surface area contributed by atoms with Crippen LogP contribution in [-0.2, 0) is 16.1 Å². The van der Waals surface area contributed by atoms with Crippen molar-refractivity contribution in [2.75, 3.05) is 32.1 Å². The van der Waals surface area contributed by atoms with Crippen LogP contribution in [0, 0.1) is 5.92 Å². The molecule has 2 bridgehead atoms. The fraction of sp³-hybridized carbons (Fsp3) is 0.323. The van der Waals surface area contributed by atoms with E-state index in [1.54, 1.807) is 7.11 Å². The molecule has 8 nitrogen and oxygen atoms in total. The summed E-state index contributed by atoms with van der Waals surface area (Å²) >= 11 is 0. The Hall–Kier alpha value is -3.88. The van der Waals surface area contributed by atoms with E-state index < -0.39 is 6.04 Å². The second kappa shape index (κ2) is 12.1. The molecule has 0 aliphatic carbocycles. The maximum Gasteiger partial charge on any atom is 0.333 e. The lowest BCUT2D eigenvalue weighted by Gasteiger charge is -2.51. The normalized spacial score (nSPS) is 22.1. The molecule has 0 saturated carbocycles. The Morgan fingerprint density at radius 3 is 2.48 bits per heavy atom. The molecule has 4 aromatic rings. The van der Waals surface area contributed by atoms with Crippen LogP contribution in [-0.4, -0.2) is 53.4 Å². The fourth-order valence-corrected chi connectivity index (χ4v) is 5.91. The number of nitrogens with zero attached hydrogens (tertiary/aromatic N) is 3. The first kappa shape index (κ1) is 27.7. The molecule has 0 amide bonds. The van der Waals surface area contributed by atoms with Crippen molar-refractivity contribution < 1.29 is 35.7 Å². The van der Waals surface area contributed by atoms with Gasteiger partial charge in [-0.25, -0.2) is 4.79 Å². The van der Waals surface area contributed by atoms with Crippen LogP contribution >= 0.6 is 0 Å². The predicted octanol–water partition coefficient (Wildman–Crippen LogP) is 2.25. The number of hydrogen-bond acceptors (Lipinski definition) is 7. The highest BCUT2D eigenvalue weighted by atomic mass is 35.5. The number of ether oxygens (including phenoxy) is 2. The molecule has 1 N–H and O–H groups in total. The number of fused-ring (bicyclic) bond motifs is 3. The number of para-hydroxylation sites is 1. The smallest absolute Gasteiger partial charge is 0.333 e. The van der Waals surface area contributed by atoms with Crippen LogP contribution in [0.4, 0.5) is 5.69 Å². The van der Waals surface area contributed by atoms with E-state index in [9.17, 15) is 4.79 Å². The lowest BCUT2D eigenvalue weighted by Crippen LogP contribution is -3.00. The quantitative estimate of drug-likeness (QED) is 0.248. The number of quaternary nitrogens is 1. The number of nitrogens with one attached hydrogen (secondary N) is 1. The Morgan fingerprint density at radius 2 is 1.75 bits per heavy atom. The number of anilines is 1. The lowest BCUT2D eigenvalue weighted by atomic mass is 9.83. The fourth-order valence-electron chi connectivity index (χ4n) is 5.91. The minimum absolute atomic E-state index is 0. The molecule has 0 unspecified atom stereocenters. The third kappa shape index (κ3) is 5.98. The van der Waals surface area contributed by atoms with E-state index in [0.717, 1.165) is 59.5 Å². The molecule has 2 atom stereocenters. The van der Waals surface area contributed by atoms with Gasteiger partial charge in [0.1, 0.15) is 18.8 Å². The first-order valence-electron chi connectivity index (χ1n) is 13.5. The summed E-state index contributed by atoms with van der Waals surface area (Å²) in [5.41, 5.74) is 2.59. The van der Waals surface area contributed by atoms with Crippen molar-refractivity contribution in [1.29, 1.82) is 0 Å². The first-order chi connectivity index (χ1) is 19.1. The maximum atomic E-state index is 13.6. The molecule has 3 aliphatic heterocycles. The van der Waals surface area contributed by atoms with Crippen molar-refractivity contribution in [3.8, 4) is 17.2 Å². The van der Waals surface area contributed by atoms with Crippen molar-refractivity contribution >= 4 is 11.7 Å². The van der Waals surface area contributed by atoms with Crippen LogP contribution < -0.4 is 22.5 Å². The van der Waals surface area contributed by atoms with Gasteiger partial charge in [0.15, 0.2) is 12.1 Å². The molecule has 3 aliphatic rings. The molecule has 4 heterocycles. The Kier molecular flexibility index (Phi) is 8.38. The van der Waals surface area contributed by atoms with Crippen molar-refractivity contribution in [1.82, 2.24) is 10.1 Å². The van der Waals surface area contributed by atoms with E-state index in [4.69, 9.17) is 19.0 Å². The molecule has 208 valence electrons. The van der Waals surface area contributed by atoms with E-state index in [1.165, 1.54) is 0 Å². The van der Waals surface area contributed by atoms with Crippen LogP contribution in [0.15, 0.2) is 89.5 Å². The number of halogens is 1. The Labute approximate surface area is 240 Å². The molecule has 7 rings (SSSR count). The summed E-state index contributed by atoms with van der Waals surface area (Å²) in [6, 6.07) is 26.6. The van der Waals surface area contributed by atoms with Crippen molar-refractivity contribution in [3.63, 3.8) is 0 Å². The summed E-state index contributed by atoms with van der Waals surface area (Å²) in [4.78, 5) is 18.3. The van der Waals surface area contributed by atoms with Crippen molar-refractivity contribution in [3.05, 3.63) is 96.3 Å². The number of hydrogen-bond donors (Lipinski definition) is 1. The minimum atomic E-state index is -0.583. The molecule has 3 fully saturated rings. The summed E-state index contributed by atoms with van der Waals surface area (Å²) in [6.07, 6.45) is 1.88. The monoisotopic (exact) mass is 560 g/mol. The Balaban J connectivity index is 0.00000323. The van der Waals surface area contributed by atoms with Gasteiger partial charge >= 0.3 is 5.97 Å². The second-order valence-electron chi connectivity index (χ2n) is 10.5. The number of methoxy groups -OCH3 is 1. The second-order valence-corrected chi connectivity index (χ2v) is 10.5. The molecule has 40 heavy (non-hydrogen) atoms. The highest BCUT2D eigenvalue weighted by Gasteiger charge is 2.48. The average Bonchev–Trinajstić information content (AvgIpc) is 3.45. The molecular weight excluding hydrogens is 528 g/mol. The van der Waals surface area contributed by atoms with E-state index >= 15 is 0 Å². The van der Waals surface area contributed by atoms with Gasteiger partial charge in [-0.2, -0.15) is 4.98 Å². The number of benzene rings is 3. The van der Waals surface area contributed by atoms with Gasteiger partial charge in [-0.3, -0.25) is 0 Å². The van der Waals surface area contributed by atoms with Gasteiger partial charge in [0.2, 0.25) is 5.82 Å². The first-order valence-corrected chi connectivity index (χ1v) is 13.5. The zero-order valence-corrected chi connectivity index (χ0v) is 23.2. The van der Waals surface area contributed by atoms with Crippen molar-refractivity contribution in [2.24, 2.45) is 5.92 Å². The molecule has 9 heteroatoms. The predicted molar refractivity (Wildman–Crippen MR) is 147 cm³/mol. The van der Waals surface area contributed by atoms with E-state index in [0.29, 0.717) is 24.2 Å². The molecule has 0 spiro atoms. The summed E-state index contributed by atoms with van der Waals surface area (Å²) in [6.45, 7) is 3.45. The SMILES string of the molecule is COc1cccc(-c2nc(C[N+]34CCC(CC3)[C@@H](OC(=O)[C@H](Nc3ccccc3)c3ccccc3)C4)no2)c1.[Cl-]. The van der Waals surface area contributed by atoms with E-state index in [-0.39, 0.29) is 24.5 Å². The Bertz CT molecular complexity index is 1410. The number of piperidine rings is 3. The third-order valence-corrected chi connectivity index (χ3v) is 8.02. The number of esters is 1. The summed E-state index contributed by atoms with van der Waals surface area (Å²) < 4.78 is 18.0. The van der Waals surface area contributed by atoms with Crippen LogP contribution in [0.5, 0.6) is 5.75 Å². The van der Waals surface area contributed by atoms with Crippen LogP contribution in [0.25, 0.3) is 11.5 Å². The van der Waals surface area contributed by atoms with E-state index in [1.807, 2.05) is 84.9 Å². The topological polar surface area (TPSA) is 86.5 Å². The van der Waals surface area contributed by atoms with Gasteiger partial charge < -0.3 is 36.2 Å². The minimum Gasteiger partial charge on any atom is -1.00 e. The van der Waals surface area contributed by atoms with Crippen LogP contribution in [0.3, 0.4) is 0 Å². The van der Waals surface area contributed by atoms with Crippen LogP contribution in [0.1, 0.15) is 30.3 Å². The lowest BCUT2D eigenvalue weighted by molar-refractivity contribution is -0.958. The maximum absolute atomic E-state index is 13.6. The number of carbonyl (C=O) groups excluding carboxylic acids is 1. The standard InChI is InChI=1S/C31H33N4O4.ClH/c1-37-26-14-8-11-24(19-26)30-33-28(34-39-30)21-35-17-15-22(16-18-35)27(20-35)38-31(36)29(23-9-4-2-5-10-23)32-25-12-6-3-7-13-25;/h2-14,19,22,27,29,32H,15-18,20-21H2,1H3;1H/q+1;/p-1/t22?,27-,29+,35?;/m0./s1. The zero-order valence-electron chi connectivity index (χ0n) is 22.4. The van der Waals surface area contributed by atoms with Crippen LogP contribution in [0.2, 0.25) is 0 Å². The van der Waals surface area contributed by atoms with Gasteiger partial charge in [0, 0.05) is 30.0 Å². The highest BCUT2D eigenvalue weighted by Crippen LogP contribution is 2.38. The molecule has 1 aromatic heterocycles. The number of aromatic nitrogens is 2. The molecule has 3 aromatic carbocycles. The molecular formula is C31H33ClN4O4. The third-order valence-electron chi connectivity index (χ3n) is 8.02.